The molecule has 0 aliphatic heterocycles. The minimum absolute atomic E-state index is 0.0567. The van der Waals surface area contributed by atoms with Crippen LogP contribution in [0.1, 0.15) is 32.1 Å². The SMILES string of the molecule is N#CC(=C(O)c1ccccc1C(=O)c1ccccc1)c1nc2cc(C(F)(F)F)ccc2s1. The third-order valence-electron chi connectivity index (χ3n) is 4.74. The Morgan fingerprint density at radius 2 is 1.62 bits per heavy atom. The van der Waals surface area contributed by atoms with Crippen LogP contribution in [0.4, 0.5) is 13.2 Å². The van der Waals surface area contributed by atoms with E-state index in [4.69, 9.17) is 0 Å². The van der Waals surface area contributed by atoms with Crippen molar-refractivity contribution in [1.29, 1.82) is 5.26 Å². The van der Waals surface area contributed by atoms with Gasteiger partial charge < -0.3 is 5.11 Å². The first-order valence-electron chi connectivity index (χ1n) is 9.30. The van der Waals surface area contributed by atoms with Crippen molar-refractivity contribution in [3.63, 3.8) is 0 Å². The van der Waals surface area contributed by atoms with Crippen molar-refractivity contribution in [2.75, 3.05) is 0 Å². The smallest absolute Gasteiger partial charge is 0.416 e. The molecule has 0 aliphatic carbocycles. The number of aromatic nitrogens is 1. The fraction of sp³-hybridized carbons (Fsp3) is 0.0417. The third-order valence-corrected chi connectivity index (χ3v) is 5.79. The van der Waals surface area contributed by atoms with Gasteiger partial charge in [-0.3, -0.25) is 4.79 Å². The summed E-state index contributed by atoms with van der Waals surface area (Å²) in [5.41, 5.74) is -0.294. The predicted molar refractivity (Wildman–Crippen MR) is 116 cm³/mol. The molecule has 0 bridgehead atoms. The van der Waals surface area contributed by atoms with Crippen molar-refractivity contribution in [1.82, 2.24) is 4.98 Å². The second-order valence-electron chi connectivity index (χ2n) is 6.78. The van der Waals surface area contributed by atoms with Gasteiger partial charge in [0.05, 0.1) is 15.8 Å². The summed E-state index contributed by atoms with van der Waals surface area (Å²) in [7, 11) is 0. The Hall–Kier alpha value is -3.96. The number of ketones is 1. The maximum atomic E-state index is 13.0. The molecule has 4 nitrogen and oxygen atoms in total. The lowest BCUT2D eigenvalue weighted by atomic mass is 9.96. The summed E-state index contributed by atoms with van der Waals surface area (Å²) >= 11 is 0.979. The van der Waals surface area contributed by atoms with E-state index >= 15 is 0 Å². The van der Waals surface area contributed by atoms with Gasteiger partial charge in [0.25, 0.3) is 0 Å². The summed E-state index contributed by atoms with van der Waals surface area (Å²) in [6, 6.07) is 19.7. The maximum Gasteiger partial charge on any atom is 0.416 e. The number of benzene rings is 3. The molecule has 1 N–H and O–H groups in total. The van der Waals surface area contributed by atoms with Gasteiger partial charge in [-0.1, -0.05) is 54.6 Å². The Bertz CT molecular complexity index is 1400. The van der Waals surface area contributed by atoms with Gasteiger partial charge in [0.15, 0.2) is 5.78 Å². The molecule has 0 fully saturated rings. The molecule has 4 rings (SSSR count). The number of nitrogens with zero attached hydrogens (tertiary/aromatic N) is 2. The van der Waals surface area contributed by atoms with Crippen LogP contribution in [0.5, 0.6) is 0 Å². The standard InChI is InChI=1S/C24H13F3N2O2S/c25-24(26,27)15-10-11-20-19(12-15)29-23(32-20)18(13-28)22(31)17-9-5-4-8-16(17)21(30)14-6-2-1-3-7-14/h1-12,31H. The number of nitriles is 1. The van der Waals surface area contributed by atoms with E-state index in [-0.39, 0.29) is 33.0 Å². The number of aliphatic hydroxyl groups excluding tert-OH is 1. The molecule has 0 saturated heterocycles. The molecular weight excluding hydrogens is 437 g/mol. The number of hydrogen-bond donors (Lipinski definition) is 1. The van der Waals surface area contributed by atoms with Gasteiger partial charge in [-0.15, -0.1) is 11.3 Å². The zero-order valence-electron chi connectivity index (χ0n) is 16.2. The van der Waals surface area contributed by atoms with Crippen LogP contribution < -0.4 is 0 Å². The number of carbonyl (C=O) groups is 1. The summed E-state index contributed by atoms with van der Waals surface area (Å²) in [5.74, 6) is -0.813. The summed E-state index contributed by atoms with van der Waals surface area (Å²) < 4.78 is 39.4. The largest absolute Gasteiger partial charge is 0.506 e. The van der Waals surface area contributed by atoms with Gasteiger partial charge in [0.2, 0.25) is 0 Å². The first kappa shape index (κ1) is 21.3. The molecule has 32 heavy (non-hydrogen) atoms. The highest BCUT2D eigenvalue weighted by Gasteiger charge is 2.31. The van der Waals surface area contributed by atoms with Gasteiger partial charge in [0.1, 0.15) is 22.4 Å². The van der Waals surface area contributed by atoms with Crippen LogP contribution in [0, 0.1) is 11.3 Å². The van der Waals surface area contributed by atoms with E-state index in [1.165, 1.54) is 18.2 Å². The average Bonchev–Trinajstić information content (AvgIpc) is 3.22. The highest BCUT2D eigenvalue weighted by molar-refractivity contribution is 7.19. The molecule has 0 atom stereocenters. The van der Waals surface area contributed by atoms with Crippen molar-refractivity contribution in [3.05, 3.63) is 100 Å². The minimum Gasteiger partial charge on any atom is -0.506 e. The van der Waals surface area contributed by atoms with E-state index in [1.807, 2.05) is 6.07 Å². The Morgan fingerprint density at radius 1 is 0.969 bits per heavy atom. The second-order valence-corrected chi connectivity index (χ2v) is 7.81. The molecule has 0 aliphatic rings. The van der Waals surface area contributed by atoms with E-state index in [0.29, 0.717) is 10.3 Å². The number of rotatable bonds is 4. The second kappa shape index (κ2) is 8.29. The van der Waals surface area contributed by atoms with Crippen molar-refractivity contribution in [2.45, 2.75) is 6.18 Å². The Labute approximate surface area is 184 Å². The average molecular weight is 450 g/mol. The first-order valence-corrected chi connectivity index (χ1v) is 10.1. The number of alkyl halides is 3. The van der Waals surface area contributed by atoms with Gasteiger partial charge in [-0.25, -0.2) is 4.98 Å². The van der Waals surface area contributed by atoms with Gasteiger partial charge in [-0.05, 0) is 18.2 Å². The van der Waals surface area contributed by atoms with Crippen LogP contribution in [-0.2, 0) is 6.18 Å². The molecule has 0 saturated carbocycles. The van der Waals surface area contributed by atoms with Crippen LogP contribution in [0.2, 0.25) is 0 Å². The summed E-state index contributed by atoms with van der Waals surface area (Å²) in [5, 5.41) is 20.7. The molecule has 1 heterocycles. The highest BCUT2D eigenvalue weighted by Crippen LogP contribution is 2.36. The number of fused-ring (bicyclic) bond motifs is 1. The van der Waals surface area contributed by atoms with E-state index in [0.717, 1.165) is 23.5 Å². The zero-order valence-corrected chi connectivity index (χ0v) is 17.0. The molecule has 0 radical (unpaired) electrons. The zero-order chi connectivity index (χ0) is 22.9. The quantitative estimate of drug-likeness (QED) is 0.219. The molecular formula is C24H13F3N2O2S. The Kier molecular flexibility index (Phi) is 5.51. The van der Waals surface area contributed by atoms with Crippen LogP contribution in [0.15, 0.2) is 72.8 Å². The van der Waals surface area contributed by atoms with Crippen molar-refractivity contribution < 1.29 is 23.1 Å². The van der Waals surface area contributed by atoms with Gasteiger partial charge in [-0.2, -0.15) is 18.4 Å². The normalized spacial score (nSPS) is 12.3. The lowest BCUT2D eigenvalue weighted by Gasteiger charge is -2.09. The molecule has 8 heteroatoms. The summed E-state index contributed by atoms with van der Waals surface area (Å²) in [6.45, 7) is 0. The first-order chi connectivity index (χ1) is 15.3. The van der Waals surface area contributed by atoms with E-state index in [2.05, 4.69) is 4.98 Å². The number of thiazole rings is 1. The van der Waals surface area contributed by atoms with Gasteiger partial charge in [0, 0.05) is 16.7 Å². The molecule has 1 aromatic heterocycles. The van der Waals surface area contributed by atoms with Crippen LogP contribution >= 0.6 is 11.3 Å². The van der Waals surface area contributed by atoms with Crippen LogP contribution in [-0.4, -0.2) is 15.9 Å². The van der Waals surface area contributed by atoms with Crippen molar-refractivity contribution in [3.8, 4) is 6.07 Å². The number of carbonyl (C=O) groups excluding carboxylic acids is 1. The topological polar surface area (TPSA) is 74.0 Å². The lowest BCUT2D eigenvalue weighted by Crippen LogP contribution is -2.05. The molecule has 0 unspecified atom stereocenters. The molecule has 3 aromatic carbocycles. The lowest BCUT2D eigenvalue weighted by molar-refractivity contribution is -0.137. The molecule has 0 spiro atoms. The molecule has 0 amide bonds. The molecule has 4 aromatic rings. The maximum absolute atomic E-state index is 13.0. The van der Waals surface area contributed by atoms with E-state index < -0.39 is 17.5 Å². The van der Waals surface area contributed by atoms with Gasteiger partial charge >= 0.3 is 6.18 Å². The fourth-order valence-corrected chi connectivity index (χ4v) is 4.12. The minimum atomic E-state index is -4.52. The summed E-state index contributed by atoms with van der Waals surface area (Å²) in [6.07, 6.45) is -4.52. The van der Waals surface area contributed by atoms with Crippen molar-refractivity contribution >= 4 is 38.7 Å². The number of hydrogen-bond acceptors (Lipinski definition) is 5. The monoisotopic (exact) mass is 450 g/mol. The van der Waals surface area contributed by atoms with Crippen LogP contribution in [0.25, 0.3) is 21.5 Å². The number of halogens is 3. The summed E-state index contributed by atoms with van der Waals surface area (Å²) in [4.78, 5) is 17.1. The Morgan fingerprint density at radius 3 is 2.28 bits per heavy atom. The van der Waals surface area contributed by atoms with E-state index in [9.17, 15) is 28.3 Å². The number of aliphatic hydroxyl groups is 1. The fourth-order valence-electron chi connectivity index (χ4n) is 3.18. The van der Waals surface area contributed by atoms with E-state index in [1.54, 1.807) is 42.5 Å². The molecule has 158 valence electrons. The Balaban J connectivity index is 1.83. The predicted octanol–water partition coefficient (Wildman–Crippen LogP) is 6.50. The highest BCUT2D eigenvalue weighted by atomic mass is 32.1. The third kappa shape index (κ3) is 3.98. The van der Waals surface area contributed by atoms with Crippen LogP contribution in [0.3, 0.4) is 0 Å². The number of allylic oxidation sites excluding steroid dienone is 1. The van der Waals surface area contributed by atoms with Crippen molar-refractivity contribution in [2.24, 2.45) is 0 Å².